The Hall–Kier alpha value is 0.0700. The monoisotopic (exact) mass is 173 g/mol. The largest absolute Gasteiger partial charge is 0.412 e. The van der Waals surface area contributed by atoms with Crippen molar-refractivity contribution in [3.63, 3.8) is 0 Å². The summed E-state index contributed by atoms with van der Waals surface area (Å²) < 4.78 is -0.0741. The first kappa shape index (κ1) is 23.0. The van der Waals surface area contributed by atoms with Crippen molar-refractivity contribution in [1.29, 1.82) is 5.26 Å². The predicted octanol–water partition coefficient (Wildman–Crippen LogP) is -1.39. The molecule has 0 aliphatic heterocycles. The molecule has 0 saturated heterocycles. The molecular weight excluding hydrogens is 162 g/mol. The van der Waals surface area contributed by atoms with Gasteiger partial charge in [0, 0.05) is 0 Å². The second-order valence-electron chi connectivity index (χ2n) is 0.843. The minimum atomic E-state index is -0.0741. The number of nitrogens with zero attached hydrogens (tertiary/aromatic N) is 1. The van der Waals surface area contributed by atoms with Crippen LogP contribution in [0.2, 0.25) is 0 Å². The first-order valence-electron chi connectivity index (χ1n) is 1.50. The summed E-state index contributed by atoms with van der Waals surface area (Å²) in [5.41, 5.74) is 0. The highest BCUT2D eigenvalue weighted by atomic mass is 32.2. The van der Waals surface area contributed by atoms with Crippen LogP contribution in [0.5, 0.6) is 0 Å². The number of thiol groups is 2. The Balaban J connectivity index is -0.0000000417. The van der Waals surface area contributed by atoms with Crippen molar-refractivity contribution in [2.45, 2.75) is 11.0 Å². The van der Waals surface area contributed by atoms with Gasteiger partial charge in [0.25, 0.3) is 0 Å². The van der Waals surface area contributed by atoms with E-state index in [4.69, 9.17) is 5.26 Å². The first-order valence-corrected chi connectivity index (χ1v) is 2.53. The number of rotatable bonds is 1. The standard InChI is InChI=1S/C3H5NS2.3H2O/c4-2-1-3(5)6;;;/h3,5-6H,1H2;3*1H2. The first-order chi connectivity index (χ1) is 2.77. The Bertz CT molecular complexity index is 71.9. The topological polar surface area (TPSA) is 118 Å². The normalized spacial score (nSPS) is 5.56. The fourth-order valence-electron chi connectivity index (χ4n) is 0.0816. The van der Waals surface area contributed by atoms with E-state index in [2.05, 4.69) is 25.3 Å². The summed E-state index contributed by atoms with van der Waals surface area (Å²) in [7, 11) is 0. The van der Waals surface area contributed by atoms with E-state index in [-0.39, 0.29) is 21.0 Å². The van der Waals surface area contributed by atoms with Gasteiger partial charge in [0.15, 0.2) is 0 Å². The number of nitriles is 1. The molecule has 0 aliphatic rings. The van der Waals surface area contributed by atoms with Crippen molar-refractivity contribution in [3.05, 3.63) is 0 Å². The van der Waals surface area contributed by atoms with Crippen molar-refractivity contribution in [1.82, 2.24) is 0 Å². The summed E-state index contributed by atoms with van der Waals surface area (Å²) in [4.78, 5) is 0. The van der Waals surface area contributed by atoms with Crippen LogP contribution in [0.15, 0.2) is 0 Å². The molecule has 6 heteroatoms. The van der Waals surface area contributed by atoms with Crippen LogP contribution >= 0.6 is 25.3 Å². The van der Waals surface area contributed by atoms with E-state index in [1.807, 2.05) is 6.07 Å². The molecule has 58 valence electrons. The van der Waals surface area contributed by atoms with E-state index in [0.717, 1.165) is 0 Å². The zero-order chi connectivity index (χ0) is 4.99. The lowest BCUT2D eigenvalue weighted by molar-refractivity contribution is 0.823. The molecule has 0 amide bonds. The SMILES string of the molecule is N#CCC(S)S.O.O.O. The summed E-state index contributed by atoms with van der Waals surface area (Å²) in [6, 6.07) is 1.91. The molecule has 4 nitrogen and oxygen atoms in total. The van der Waals surface area contributed by atoms with E-state index in [9.17, 15) is 0 Å². The molecule has 0 atom stereocenters. The Morgan fingerprint density at radius 3 is 1.56 bits per heavy atom. The van der Waals surface area contributed by atoms with Crippen molar-refractivity contribution >= 4 is 25.3 Å². The Kier molecular flexibility index (Phi) is 40.1. The van der Waals surface area contributed by atoms with Crippen LogP contribution in [0.1, 0.15) is 6.42 Å². The zero-order valence-electron chi connectivity index (χ0n) is 4.63. The van der Waals surface area contributed by atoms with Gasteiger partial charge in [-0.1, -0.05) is 0 Å². The number of hydrogen-bond donors (Lipinski definition) is 2. The summed E-state index contributed by atoms with van der Waals surface area (Å²) in [6.45, 7) is 0. The van der Waals surface area contributed by atoms with Crippen LogP contribution in [-0.4, -0.2) is 21.0 Å². The molecule has 0 unspecified atom stereocenters. The van der Waals surface area contributed by atoms with E-state index >= 15 is 0 Å². The fourth-order valence-corrected chi connectivity index (χ4v) is 0.245. The molecule has 6 N–H and O–H groups in total. The lowest BCUT2D eigenvalue weighted by Gasteiger charge is -1.86. The average molecular weight is 173 g/mol. The van der Waals surface area contributed by atoms with Gasteiger partial charge in [-0.15, -0.1) is 0 Å². The van der Waals surface area contributed by atoms with Gasteiger partial charge in [0.05, 0.1) is 17.1 Å². The molecule has 0 heterocycles. The van der Waals surface area contributed by atoms with E-state index in [1.54, 1.807) is 0 Å². The Labute approximate surface area is 64.6 Å². The van der Waals surface area contributed by atoms with E-state index in [0.29, 0.717) is 6.42 Å². The number of hydrogen-bond acceptors (Lipinski definition) is 3. The summed E-state index contributed by atoms with van der Waals surface area (Å²) in [5, 5.41) is 7.89. The molecule has 0 aromatic carbocycles. The van der Waals surface area contributed by atoms with Gasteiger partial charge in [-0.3, -0.25) is 0 Å². The van der Waals surface area contributed by atoms with Crippen molar-refractivity contribution < 1.29 is 16.4 Å². The van der Waals surface area contributed by atoms with Crippen molar-refractivity contribution in [2.24, 2.45) is 0 Å². The van der Waals surface area contributed by atoms with Crippen LogP contribution in [-0.2, 0) is 0 Å². The maximum Gasteiger partial charge on any atom is 0.0642 e. The van der Waals surface area contributed by atoms with Gasteiger partial charge >= 0.3 is 0 Å². The Morgan fingerprint density at radius 2 is 1.56 bits per heavy atom. The molecule has 0 aliphatic carbocycles. The maximum absolute atomic E-state index is 7.89. The van der Waals surface area contributed by atoms with Gasteiger partial charge in [0.2, 0.25) is 0 Å². The molecule has 0 bridgehead atoms. The van der Waals surface area contributed by atoms with Crippen molar-refractivity contribution in [3.8, 4) is 6.07 Å². The molecular formula is C3H11NO3S2. The Morgan fingerprint density at radius 1 is 1.22 bits per heavy atom. The minimum absolute atomic E-state index is 0. The third kappa shape index (κ3) is 31.5. The van der Waals surface area contributed by atoms with Gasteiger partial charge < -0.3 is 16.4 Å². The minimum Gasteiger partial charge on any atom is -0.412 e. The molecule has 0 saturated carbocycles. The lowest BCUT2D eigenvalue weighted by Crippen LogP contribution is -1.79. The van der Waals surface area contributed by atoms with Gasteiger partial charge in [-0.25, -0.2) is 0 Å². The molecule has 9 heavy (non-hydrogen) atoms. The van der Waals surface area contributed by atoms with Crippen molar-refractivity contribution in [2.75, 3.05) is 0 Å². The second kappa shape index (κ2) is 15.7. The highest BCUT2D eigenvalue weighted by Crippen LogP contribution is 2.02. The average Bonchev–Trinajstić information content (AvgIpc) is 1.35. The quantitative estimate of drug-likeness (QED) is 0.368. The second-order valence-corrected chi connectivity index (χ2v) is 2.50. The molecule has 0 rings (SSSR count). The lowest BCUT2D eigenvalue weighted by atomic mass is 10.5. The van der Waals surface area contributed by atoms with Crippen LogP contribution in [0.25, 0.3) is 0 Å². The van der Waals surface area contributed by atoms with Crippen LogP contribution in [0, 0.1) is 11.3 Å². The molecule has 0 fully saturated rings. The molecule has 0 aromatic rings. The third-order valence-electron chi connectivity index (χ3n) is 0.274. The zero-order valence-corrected chi connectivity index (χ0v) is 6.41. The highest BCUT2D eigenvalue weighted by Gasteiger charge is 1.87. The van der Waals surface area contributed by atoms with Gasteiger partial charge in [0.1, 0.15) is 0 Å². The summed E-state index contributed by atoms with van der Waals surface area (Å²) in [5.74, 6) is 0. The molecule has 0 radical (unpaired) electrons. The highest BCUT2D eigenvalue weighted by molar-refractivity contribution is 7.99. The van der Waals surface area contributed by atoms with Crippen LogP contribution in [0.3, 0.4) is 0 Å². The maximum atomic E-state index is 7.89. The predicted molar refractivity (Wildman–Crippen MR) is 42.8 cm³/mol. The third-order valence-corrected chi connectivity index (χ3v) is 0.639. The van der Waals surface area contributed by atoms with Crippen LogP contribution in [0.4, 0.5) is 0 Å². The van der Waals surface area contributed by atoms with Gasteiger partial charge in [-0.2, -0.15) is 30.5 Å². The smallest absolute Gasteiger partial charge is 0.0642 e. The van der Waals surface area contributed by atoms with E-state index < -0.39 is 0 Å². The van der Waals surface area contributed by atoms with E-state index in [1.165, 1.54) is 0 Å². The van der Waals surface area contributed by atoms with Gasteiger partial charge in [-0.05, 0) is 0 Å². The van der Waals surface area contributed by atoms with Crippen LogP contribution < -0.4 is 0 Å². The molecule has 0 spiro atoms. The molecule has 0 aromatic heterocycles. The summed E-state index contributed by atoms with van der Waals surface area (Å²) >= 11 is 7.64. The fraction of sp³-hybridized carbons (Fsp3) is 0.667. The summed E-state index contributed by atoms with van der Waals surface area (Å²) in [6.07, 6.45) is 0.409.